The van der Waals surface area contributed by atoms with Crippen LogP contribution in [0.4, 0.5) is 15.8 Å². The standard InChI is InChI=1S/C28H24FN3O5/c1-37-20-5-2-4-17(14-20)26(33)25-24(16-7-10-19(11-8-16)32(35)36)23-6-3-13-31(23)28(25)21-15-18(29)9-12-22(21)30-27(28)34/h2,4-5,7-12,14-15,23-25H,3,6,13H2,1H3,(H,30,34)/t23?,24?,25?,28-/m1/s1. The quantitative estimate of drug-likeness (QED) is 0.310. The maximum atomic E-state index is 14.6. The van der Waals surface area contributed by atoms with Crippen molar-refractivity contribution in [1.82, 2.24) is 4.90 Å². The number of nitro groups is 1. The zero-order valence-electron chi connectivity index (χ0n) is 20.0. The van der Waals surface area contributed by atoms with Crippen LogP contribution in [0.25, 0.3) is 0 Å². The van der Waals surface area contributed by atoms with Crippen molar-refractivity contribution >= 4 is 23.1 Å². The highest BCUT2D eigenvalue weighted by Gasteiger charge is 2.69. The minimum absolute atomic E-state index is 0.0542. The molecule has 3 aliphatic heterocycles. The fourth-order valence-electron chi connectivity index (χ4n) is 6.68. The zero-order valence-corrected chi connectivity index (χ0v) is 20.0. The summed E-state index contributed by atoms with van der Waals surface area (Å²) in [5.41, 5.74) is 0.597. The molecule has 8 nitrogen and oxygen atoms in total. The van der Waals surface area contributed by atoms with E-state index in [-0.39, 0.29) is 23.4 Å². The van der Waals surface area contributed by atoms with E-state index in [4.69, 9.17) is 4.74 Å². The van der Waals surface area contributed by atoms with Gasteiger partial charge in [-0.2, -0.15) is 0 Å². The summed E-state index contributed by atoms with van der Waals surface area (Å²) in [6, 6.07) is 17.0. The van der Waals surface area contributed by atoms with Crippen molar-refractivity contribution in [2.24, 2.45) is 5.92 Å². The van der Waals surface area contributed by atoms with E-state index in [1.165, 1.54) is 37.4 Å². The Morgan fingerprint density at radius 3 is 2.68 bits per heavy atom. The molecule has 0 saturated carbocycles. The summed E-state index contributed by atoms with van der Waals surface area (Å²) in [5, 5.41) is 14.2. The van der Waals surface area contributed by atoms with E-state index >= 15 is 0 Å². The van der Waals surface area contributed by atoms with Gasteiger partial charge in [0.15, 0.2) is 5.78 Å². The average Bonchev–Trinajstić information content (AvgIpc) is 3.57. The van der Waals surface area contributed by atoms with Crippen molar-refractivity contribution in [3.8, 4) is 5.75 Å². The van der Waals surface area contributed by atoms with E-state index in [9.17, 15) is 24.1 Å². The van der Waals surface area contributed by atoms with E-state index in [0.29, 0.717) is 29.1 Å². The highest BCUT2D eigenvalue weighted by molar-refractivity contribution is 6.12. The molecule has 4 atom stereocenters. The Kier molecular flexibility index (Phi) is 5.34. The van der Waals surface area contributed by atoms with Crippen molar-refractivity contribution in [3.63, 3.8) is 0 Å². The summed E-state index contributed by atoms with van der Waals surface area (Å²) in [4.78, 5) is 41.3. The largest absolute Gasteiger partial charge is 0.497 e. The maximum absolute atomic E-state index is 14.6. The highest BCUT2D eigenvalue weighted by Crippen LogP contribution is 2.61. The van der Waals surface area contributed by atoms with Crippen molar-refractivity contribution in [2.45, 2.75) is 30.3 Å². The number of carbonyl (C=O) groups is 2. The van der Waals surface area contributed by atoms with Gasteiger partial charge in [-0.05, 0) is 55.3 Å². The number of amides is 1. The first-order valence-electron chi connectivity index (χ1n) is 12.2. The summed E-state index contributed by atoms with van der Waals surface area (Å²) in [6.07, 6.45) is 1.55. The van der Waals surface area contributed by atoms with E-state index in [0.717, 1.165) is 18.4 Å². The second-order valence-corrected chi connectivity index (χ2v) is 9.76. The van der Waals surface area contributed by atoms with Gasteiger partial charge >= 0.3 is 0 Å². The van der Waals surface area contributed by atoms with E-state index in [1.54, 1.807) is 36.4 Å². The number of hydrogen-bond acceptors (Lipinski definition) is 6. The van der Waals surface area contributed by atoms with Gasteiger partial charge in [0.1, 0.15) is 17.1 Å². The number of non-ortho nitro benzene ring substituents is 1. The molecule has 0 aliphatic carbocycles. The van der Waals surface area contributed by atoms with Gasteiger partial charge in [-0.1, -0.05) is 24.3 Å². The number of nitrogens with zero attached hydrogens (tertiary/aromatic N) is 2. The first-order chi connectivity index (χ1) is 17.9. The molecule has 0 bridgehead atoms. The Morgan fingerprint density at radius 2 is 1.95 bits per heavy atom. The summed E-state index contributed by atoms with van der Waals surface area (Å²) in [7, 11) is 1.51. The first-order valence-corrected chi connectivity index (χ1v) is 12.2. The van der Waals surface area contributed by atoms with Crippen LogP contribution in [0.5, 0.6) is 5.75 Å². The molecule has 6 rings (SSSR count). The smallest absolute Gasteiger partial charge is 0.269 e. The van der Waals surface area contributed by atoms with Gasteiger partial charge in [0.25, 0.3) is 5.69 Å². The lowest BCUT2D eigenvalue weighted by Crippen LogP contribution is -2.52. The third-order valence-corrected chi connectivity index (χ3v) is 8.09. The van der Waals surface area contributed by atoms with Crippen LogP contribution in [0.3, 0.4) is 0 Å². The molecule has 1 N–H and O–H groups in total. The number of Topliss-reactive ketones (excluding diaryl/α,β-unsaturated/α-hetero) is 1. The summed E-state index contributed by atoms with van der Waals surface area (Å²) < 4.78 is 20.0. The van der Waals surface area contributed by atoms with Crippen LogP contribution in [-0.4, -0.2) is 41.2 Å². The molecule has 3 aromatic carbocycles. The molecule has 2 saturated heterocycles. The Hall–Kier alpha value is -4.11. The molecule has 0 aromatic heterocycles. The number of fused-ring (bicyclic) bond motifs is 4. The van der Waals surface area contributed by atoms with Gasteiger partial charge in [-0.25, -0.2) is 4.39 Å². The third-order valence-electron chi connectivity index (χ3n) is 8.09. The molecule has 9 heteroatoms. The fraction of sp³-hybridized carbons (Fsp3) is 0.286. The second-order valence-electron chi connectivity index (χ2n) is 9.76. The van der Waals surface area contributed by atoms with Gasteiger partial charge in [-0.3, -0.25) is 24.6 Å². The Balaban J connectivity index is 1.59. The fourth-order valence-corrected chi connectivity index (χ4v) is 6.68. The number of anilines is 1. The first kappa shape index (κ1) is 23.3. The minimum Gasteiger partial charge on any atom is -0.497 e. The average molecular weight is 502 g/mol. The van der Waals surface area contributed by atoms with Crippen molar-refractivity contribution < 1.29 is 23.6 Å². The molecule has 3 unspecified atom stereocenters. The Morgan fingerprint density at radius 1 is 1.16 bits per heavy atom. The van der Waals surface area contributed by atoms with Crippen LogP contribution >= 0.6 is 0 Å². The number of methoxy groups -OCH3 is 1. The highest BCUT2D eigenvalue weighted by atomic mass is 19.1. The molecular weight excluding hydrogens is 477 g/mol. The molecule has 3 heterocycles. The number of ether oxygens (including phenoxy) is 1. The summed E-state index contributed by atoms with van der Waals surface area (Å²) >= 11 is 0. The van der Waals surface area contributed by atoms with Crippen LogP contribution in [-0.2, 0) is 10.3 Å². The number of rotatable bonds is 5. The lowest BCUT2D eigenvalue weighted by molar-refractivity contribution is -0.384. The molecule has 0 radical (unpaired) electrons. The van der Waals surface area contributed by atoms with Crippen LogP contribution in [0.1, 0.15) is 40.2 Å². The van der Waals surface area contributed by atoms with Gasteiger partial charge in [0.2, 0.25) is 5.91 Å². The van der Waals surface area contributed by atoms with Crippen molar-refractivity contribution in [1.29, 1.82) is 0 Å². The van der Waals surface area contributed by atoms with Gasteiger partial charge in [0.05, 0.1) is 18.0 Å². The van der Waals surface area contributed by atoms with Crippen molar-refractivity contribution in [2.75, 3.05) is 19.0 Å². The summed E-state index contributed by atoms with van der Waals surface area (Å²) in [6.45, 7) is 0.569. The number of carbonyl (C=O) groups excluding carboxylic acids is 2. The molecule has 1 amide bonds. The van der Waals surface area contributed by atoms with E-state index in [1.807, 2.05) is 0 Å². The van der Waals surface area contributed by atoms with Crippen LogP contribution < -0.4 is 10.1 Å². The van der Waals surface area contributed by atoms with E-state index in [2.05, 4.69) is 10.2 Å². The molecule has 37 heavy (non-hydrogen) atoms. The normalized spacial score (nSPS) is 26.1. The van der Waals surface area contributed by atoms with Crippen LogP contribution in [0, 0.1) is 21.8 Å². The monoisotopic (exact) mass is 501 g/mol. The molecule has 2 fully saturated rings. The minimum atomic E-state index is -1.41. The maximum Gasteiger partial charge on any atom is 0.269 e. The number of nitrogens with one attached hydrogen (secondary N) is 1. The van der Waals surface area contributed by atoms with E-state index < -0.39 is 28.1 Å². The lowest BCUT2D eigenvalue weighted by Gasteiger charge is -2.37. The SMILES string of the molecule is COc1cccc(C(=O)C2C(c3ccc([N+](=O)[O-])cc3)C3CCCN3[C@@]23C(=O)Nc2ccc(F)cc23)c1. The second kappa shape index (κ2) is 8.48. The zero-order chi connectivity index (χ0) is 25.9. The molecular formula is C28H24FN3O5. The van der Waals surface area contributed by atoms with Crippen molar-refractivity contribution in [3.05, 3.63) is 99.4 Å². The predicted molar refractivity (Wildman–Crippen MR) is 133 cm³/mol. The molecule has 3 aromatic rings. The number of nitro benzene ring substituents is 1. The van der Waals surface area contributed by atoms with Crippen LogP contribution in [0.15, 0.2) is 66.7 Å². The Labute approximate surface area is 212 Å². The number of ketones is 1. The number of hydrogen-bond donors (Lipinski definition) is 1. The molecule has 1 spiro atoms. The predicted octanol–water partition coefficient (Wildman–Crippen LogP) is 4.65. The summed E-state index contributed by atoms with van der Waals surface area (Å²) in [5.74, 6) is -1.93. The van der Waals surface area contributed by atoms with Gasteiger partial charge in [0, 0.05) is 40.9 Å². The number of halogens is 1. The number of benzene rings is 3. The third kappa shape index (κ3) is 3.30. The molecule has 3 aliphatic rings. The van der Waals surface area contributed by atoms with Gasteiger partial charge < -0.3 is 10.1 Å². The topological polar surface area (TPSA) is 102 Å². The Bertz CT molecular complexity index is 1440. The lowest BCUT2D eigenvalue weighted by atomic mass is 9.68. The van der Waals surface area contributed by atoms with Gasteiger partial charge in [-0.15, -0.1) is 0 Å². The molecule has 188 valence electrons. The van der Waals surface area contributed by atoms with Crippen LogP contribution in [0.2, 0.25) is 0 Å².